The van der Waals surface area contributed by atoms with Crippen LogP contribution in [-0.2, 0) is 9.53 Å². The van der Waals surface area contributed by atoms with Crippen LogP contribution < -0.4 is 5.32 Å². The Morgan fingerprint density at radius 1 is 1.45 bits per heavy atom. The van der Waals surface area contributed by atoms with Gasteiger partial charge < -0.3 is 10.1 Å². The molecule has 1 saturated heterocycles. The van der Waals surface area contributed by atoms with Crippen LogP contribution in [0.15, 0.2) is 12.3 Å². The van der Waals surface area contributed by atoms with Crippen molar-refractivity contribution in [3.63, 3.8) is 0 Å². The van der Waals surface area contributed by atoms with Crippen LogP contribution in [0.5, 0.6) is 0 Å². The van der Waals surface area contributed by atoms with Gasteiger partial charge in [-0.2, -0.15) is 0 Å². The first kappa shape index (κ1) is 6.85. The fourth-order valence-corrected chi connectivity index (χ4v) is 1.63. The van der Waals surface area contributed by atoms with Gasteiger partial charge in [-0.1, -0.05) is 0 Å². The van der Waals surface area contributed by atoms with Crippen LogP contribution in [0.4, 0.5) is 0 Å². The van der Waals surface area contributed by atoms with Crippen molar-refractivity contribution in [2.24, 2.45) is 0 Å². The van der Waals surface area contributed by atoms with Gasteiger partial charge in [-0.3, -0.25) is 4.79 Å². The zero-order valence-corrected chi connectivity index (χ0v) is 6.30. The minimum Gasteiger partial charge on any atom is -0.487 e. The monoisotopic (exact) mass is 153 g/mol. The number of nitrogens with one attached hydrogen (secondary N) is 1. The molecule has 0 aromatic carbocycles. The van der Waals surface area contributed by atoms with Gasteiger partial charge in [-0.25, -0.2) is 0 Å². The summed E-state index contributed by atoms with van der Waals surface area (Å²) < 4.78 is 5.32. The second-order valence-electron chi connectivity index (χ2n) is 3.03. The molecule has 1 spiro atoms. The lowest BCUT2D eigenvalue weighted by Gasteiger charge is -2.31. The topological polar surface area (TPSA) is 38.3 Å². The van der Waals surface area contributed by atoms with E-state index in [0.717, 1.165) is 25.9 Å². The molecule has 0 aromatic heterocycles. The largest absolute Gasteiger partial charge is 0.487 e. The molecule has 0 atom stereocenters. The van der Waals surface area contributed by atoms with Gasteiger partial charge in [0.25, 0.3) is 0 Å². The lowest BCUT2D eigenvalue weighted by molar-refractivity contribution is -0.131. The van der Waals surface area contributed by atoms with Crippen LogP contribution in [0.25, 0.3) is 0 Å². The van der Waals surface area contributed by atoms with E-state index in [0.29, 0.717) is 0 Å². The highest BCUT2D eigenvalue weighted by molar-refractivity contribution is 5.98. The summed E-state index contributed by atoms with van der Waals surface area (Å²) in [7, 11) is 0. The fraction of sp³-hybridized carbons (Fsp3) is 0.625. The Balaban J connectivity index is 2.15. The van der Waals surface area contributed by atoms with Crippen LogP contribution in [0.3, 0.4) is 0 Å². The van der Waals surface area contributed by atoms with Crippen LogP contribution in [0.2, 0.25) is 0 Å². The molecule has 0 bridgehead atoms. The van der Waals surface area contributed by atoms with Gasteiger partial charge in [-0.15, -0.1) is 0 Å². The molecule has 0 radical (unpaired) electrons. The maximum absolute atomic E-state index is 11.3. The number of hydrogen-bond donors (Lipinski definition) is 1. The third-order valence-electron chi connectivity index (χ3n) is 2.37. The molecule has 0 amide bonds. The van der Waals surface area contributed by atoms with Crippen molar-refractivity contribution in [2.75, 3.05) is 13.1 Å². The summed E-state index contributed by atoms with van der Waals surface area (Å²) in [6, 6.07) is 0. The Labute approximate surface area is 65.4 Å². The summed E-state index contributed by atoms with van der Waals surface area (Å²) in [5.41, 5.74) is -0.481. The van der Waals surface area contributed by atoms with E-state index >= 15 is 0 Å². The van der Waals surface area contributed by atoms with Crippen molar-refractivity contribution in [1.82, 2.24) is 5.32 Å². The molecule has 1 N–H and O–H groups in total. The minimum atomic E-state index is -0.481. The van der Waals surface area contributed by atoms with Crippen molar-refractivity contribution in [2.45, 2.75) is 18.4 Å². The molecular formula is C8H11NO2. The Kier molecular flexibility index (Phi) is 1.46. The average molecular weight is 153 g/mol. The van der Waals surface area contributed by atoms with E-state index in [1.807, 2.05) is 0 Å². The van der Waals surface area contributed by atoms with Crippen molar-refractivity contribution < 1.29 is 9.53 Å². The number of piperidine rings is 1. The van der Waals surface area contributed by atoms with E-state index in [9.17, 15) is 4.79 Å². The van der Waals surface area contributed by atoms with E-state index in [1.54, 1.807) is 0 Å². The summed E-state index contributed by atoms with van der Waals surface area (Å²) in [5.74, 6) is 0.138. The molecule has 2 rings (SSSR count). The van der Waals surface area contributed by atoms with Gasteiger partial charge in [0.15, 0.2) is 5.60 Å². The molecule has 0 unspecified atom stereocenters. The van der Waals surface area contributed by atoms with Gasteiger partial charge in [0.1, 0.15) is 0 Å². The van der Waals surface area contributed by atoms with Crippen molar-refractivity contribution >= 4 is 5.78 Å². The van der Waals surface area contributed by atoms with Crippen molar-refractivity contribution in [3.8, 4) is 0 Å². The molecule has 0 saturated carbocycles. The normalized spacial score (nSPS) is 27.5. The van der Waals surface area contributed by atoms with E-state index in [4.69, 9.17) is 4.74 Å². The molecule has 3 heteroatoms. The number of ketones is 1. The predicted octanol–water partition coefficient (Wildman–Crippen LogP) is 0.222. The predicted molar refractivity (Wildman–Crippen MR) is 40.1 cm³/mol. The maximum Gasteiger partial charge on any atom is 0.202 e. The van der Waals surface area contributed by atoms with Gasteiger partial charge in [0, 0.05) is 18.9 Å². The standard InChI is InChI=1S/C8H11NO2/c10-7-1-6-11-8(7)2-4-9-5-3-8/h1,6,9H,2-5H2. The van der Waals surface area contributed by atoms with Crippen LogP contribution in [0.1, 0.15) is 12.8 Å². The van der Waals surface area contributed by atoms with Crippen molar-refractivity contribution in [3.05, 3.63) is 12.3 Å². The fourth-order valence-electron chi connectivity index (χ4n) is 1.63. The molecule has 11 heavy (non-hydrogen) atoms. The van der Waals surface area contributed by atoms with E-state index < -0.39 is 5.60 Å². The highest BCUT2D eigenvalue weighted by Gasteiger charge is 2.42. The van der Waals surface area contributed by atoms with Gasteiger partial charge in [0.2, 0.25) is 5.78 Å². The minimum absolute atomic E-state index is 0.138. The first-order valence-corrected chi connectivity index (χ1v) is 3.93. The smallest absolute Gasteiger partial charge is 0.202 e. The van der Waals surface area contributed by atoms with E-state index in [2.05, 4.69) is 5.32 Å². The molecule has 1 fully saturated rings. The quantitative estimate of drug-likeness (QED) is 0.541. The lowest BCUT2D eigenvalue weighted by Crippen LogP contribution is -2.46. The zero-order valence-electron chi connectivity index (χ0n) is 6.30. The highest BCUT2D eigenvalue weighted by Crippen LogP contribution is 2.28. The summed E-state index contributed by atoms with van der Waals surface area (Å²) in [4.78, 5) is 11.3. The molecule has 2 heterocycles. The van der Waals surface area contributed by atoms with Crippen LogP contribution in [-0.4, -0.2) is 24.5 Å². The third kappa shape index (κ3) is 0.959. The first-order valence-electron chi connectivity index (χ1n) is 3.93. The van der Waals surface area contributed by atoms with Gasteiger partial charge in [0.05, 0.1) is 6.26 Å². The van der Waals surface area contributed by atoms with Crippen LogP contribution >= 0.6 is 0 Å². The summed E-state index contributed by atoms with van der Waals surface area (Å²) in [5, 5.41) is 3.20. The molecule has 60 valence electrons. The first-order chi connectivity index (χ1) is 5.33. The molecule has 3 nitrogen and oxygen atoms in total. The summed E-state index contributed by atoms with van der Waals surface area (Å²) in [6.45, 7) is 1.76. The second kappa shape index (κ2) is 2.34. The molecule has 2 aliphatic rings. The van der Waals surface area contributed by atoms with E-state index in [1.165, 1.54) is 12.3 Å². The number of carbonyl (C=O) groups is 1. The number of carbonyl (C=O) groups excluding carboxylic acids is 1. The summed E-state index contributed by atoms with van der Waals surface area (Å²) in [6.07, 6.45) is 4.66. The van der Waals surface area contributed by atoms with Crippen molar-refractivity contribution in [1.29, 1.82) is 0 Å². The van der Waals surface area contributed by atoms with Gasteiger partial charge >= 0.3 is 0 Å². The number of ether oxygens (including phenoxy) is 1. The van der Waals surface area contributed by atoms with Gasteiger partial charge in [-0.05, 0) is 13.1 Å². The van der Waals surface area contributed by atoms with Crippen LogP contribution in [0, 0.1) is 0 Å². The maximum atomic E-state index is 11.3. The summed E-state index contributed by atoms with van der Waals surface area (Å²) >= 11 is 0. The Bertz CT molecular complexity index is 204. The Morgan fingerprint density at radius 3 is 2.73 bits per heavy atom. The molecule has 0 aromatic rings. The highest BCUT2D eigenvalue weighted by atomic mass is 16.5. The molecular weight excluding hydrogens is 142 g/mol. The molecule has 0 aliphatic carbocycles. The number of hydrogen-bond acceptors (Lipinski definition) is 3. The third-order valence-corrected chi connectivity index (χ3v) is 2.37. The molecule has 2 aliphatic heterocycles. The van der Waals surface area contributed by atoms with E-state index in [-0.39, 0.29) is 5.78 Å². The Hall–Kier alpha value is -0.830. The number of rotatable bonds is 0. The lowest BCUT2D eigenvalue weighted by atomic mass is 9.89. The Morgan fingerprint density at radius 2 is 2.18 bits per heavy atom. The SMILES string of the molecule is O=C1C=COC12CCNCC2. The zero-order chi connectivity index (χ0) is 7.73. The average Bonchev–Trinajstić information content (AvgIpc) is 2.36. The second-order valence-corrected chi connectivity index (χ2v) is 3.03.